The molecule has 0 aliphatic carbocycles. The molecule has 2 saturated heterocycles. The predicted molar refractivity (Wildman–Crippen MR) is 74.2 cm³/mol. The van der Waals surface area contributed by atoms with E-state index < -0.39 is 37.9 Å². The summed E-state index contributed by atoms with van der Waals surface area (Å²) in [5, 5.41) is 20.2. The second-order valence-corrected chi connectivity index (χ2v) is 6.66. The normalized spacial score (nSPS) is 31.6. The maximum absolute atomic E-state index is 11.8. The number of aromatic amines is 1. The molecule has 2 aliphatic rings. The molecule has 0 bridgehead atoms. The first-order chi connectivity index (χ1) is 11.4. The number of phosphoric acid groups is 1. The minimum absolute atomic E-state index is 0.00147. The maximum atomic E-state index is 11.8. The van der Waals surface area contributed by atoms with Crippen LogP contribution in [0.4, 0.5) is 5.95 Å². The van der Waals surface area contributed by atoms with Crippen molar-refractivity contribution in [3.05, 3.63) is 16.7 Å². The Labute approximate surface area is 132 Å². The van der Waals surface area contributed by atoms with Gasteiger partial charge in [-0.25, -0.2) is 9.55 Å². The van der Waals surface area contributed by atoms with Crippen LogP contribution in [0.15, 0.2) is 11.1 Å². The van der Waals surface area contributed by atoms with Crippen molar-refractivity contribution in [3.8, 4) is 0 Å². The van der Waals surface area contributed by atoms with Crippen molar-refractivity contribution in [1.29, 1.82) is 0 Å². The van der Waals surface area contributed by atoms with Gasteiger partial charge in [-0.3, -0.25) is 18.9 Å². The van der Waals surface area contributed by atoms with E-state index in [1.54, 1.807) is 0 Å². The third-order valence-corrected chi connectivity index (χ3v) is 4.51. The lowest BCUT2D eigenvalue weighted by Gasteiger charge is -2.16. The van der Waals surface area contributed by atoms with Crippen LogP contribution in [0.25, 0.3) is 11.2 Å². The molecule has 0 amide bonds. The highest BCUT2D eigenvalue weighted by Crippen LogP contribution is 2.65. The summed E-state index contributed by atoms with van der Waals surface area (Å²) in [6.07, 6.45) is -3.61. The number of aliphatic hydroxyl groups excluding tert-OH is 2. The molecule has 2 aromatic rings. The summed E-state index contributed by atoms with van der Waals surface area (Å²) in [5.74, 6) is -0.136. The fraction of sp³-hybridized carbons (Fsp3) is 0.500. The Kier molecular flexibility index (Phi) is 3.47. The number of H-pyrrole nitrogens is 1. The standard InChI is InChI=1S/C10H12N5O8P/c11-10-13-7-4(8(18)14-10)12-2-15(7)9-6(17)5(16)3(21-9)1-20-24(19)22-23-24/h2-3,5-6,9,16-17H,1H2,(H3,11,13,14,18)/t3-,5-,6-,9-/m1/s1. The van der Waals surface area contributed by atoms with Gasteiger partial charge in [0.25, 0.3) is 5.56 Å². The molecule has 14 heteroatoms. The molecule has 13 nitrogen and oxygen atoms in total. The van der Waals surface area contributed by atoms with Crippen molar-refractivity contribution in [2.24, 2.45) is 0 Å². The molecular weight excluding hydrogens is 349 g/mol. The fourth-order valence-electron chi connectivity index (χ4n) is 2.46. The van der Waals surface area contributed by atoms with Gasteiger partial charge < -0.3 is 20.7 Å². The number of aromatic nitrogens is 4. The zero-order chi connectivity index (χ0) is 17.1. The van der Waals surface area contributed by atoms with Crippen LogP contribution >= 0.6 is 7.82 Å². The Bertz CT molecular complexity index is 889. The fourth-order valence-corrected chi connectivity index (χ4v) is 3.09. The van der Waals surface area contributed by atoms with E-state index in [1.165, 1.54) is 10.9 Å². The SMILES string of the molecule is Nc1nc2c(ncn2[C@@H]2O[C@H](COP3(=O)OO3)[C@@H](O)[C@H]2O)c(=O)[nH]1. The highest BCUT2D eigenvalue weighted by Gasteiger charge is 2.50. The van der Waals surface area contributed by atoms with E-state index in [-0.39, 0.29) is 23.7 Å². The van der Waals surface area contributed by atoms with Crippen molar-refractivity contribution >= 4 is 24.9 Å². The quantitative estimate of drug-likeness (QED) is 0.279. The molecule has 4 rings (SSSR count). The monoisotopic (exact) mass is 361 g/mol. The van der Waals surface area contributed by atoms with Crippen LogP contribution in [0.2, 0.25) is 0 Å². The number of aliphatic hydroxyl groups is 2. The maximum Gasteiger partial charge on any atom is 0.530 e. The van der Waals surface area contributed by atoms with E-state index >= 15 is 0 Å². The number of hydrogen-bond acceptors (Lipinski definition) is 11. The summed E-state index contributed by atoms with van der Waals surface area (Å²) in [7, 11) is -3.51. The summed E-state index contributed by atoms with van der Waals surface area (Å²) >= 11 is 0. The Morgan fingerprint density at radius 1 is 1.42 bits per heavy atom. The first kappa shape index (κ1) is 15.7. The highest BCUT2D eigenvalue weighted by atomic mass is 31.2. The molecule has 4 heterocycles. The molecule has 2 aliphatic heterocycles. The Hall–Kier alpha value is -1.86. The average Bonchev–Trinajstić information content (AvgIpc) is 3.00. The van der Waals surface area contributed by atoms with Gasteiger partial charge >= 0.3 is 7.82 Å². The molecule has 0 spiro atoms. The van der Waals surface area contributed by atoms with Crippen molar-refractivity contribution in [3.63, 3.8) is 0 Å². The predicted octanol–water partition coefficient (Wildman–Crippen LogP) is -1.59. The lowest BCUT2D eigenvalue weighted by Crippen LogP contribution is -2.33. The van der Waals surface area contributed by atoms with E-state index in [4.69, 9.17) is 15.0 Å². The van der Waals surface area contributed by atoms with Crippen LogP contribution in [-0.2, 0) is 23.2 Å². The number of fused-ring (bicyclic) bond motifs is 1. The average molecular weight is 361 g/mol. The number of nitrogens with two attached hydrogens (primary N) is 1. The number of hydrogen-bond donors (Lipinski definition) is 4. The van der Waals surface area contributed by atoms with Crippen molar-refractivity contribution < 1.29 is 33.4 Å². The van der Waals surface area contributed by atoms with Crippen LogP contribution in [0.1, 0.15) is 6.23 Å². The number of ether oxygens (including phenoxy) is 1. The minimum Gasteiger partial charge on any atom is -0.387 e. The second kappa shape index (κ2) is 5.32. The topological polar surface area (TPSA) is 191 Å². The van der Waals surface area contributed by atoms with E-state index in [9.17, 15) is 19.6 Å². The molecule has 0 saturated carbocycles. The summed E-state index contributed by atoms with van der Waals surface area (Å²) in [4.78, 5) is 21.9. The van der Waals surface area contributed by atoms with Gasteiger partial charge in [0.1, 0.15) is 18.3 Å². The van der Waals surface area contributed by atoms with Crippen molar-refractivity contribution in [2.75, 3.05) is 12.3 Å². The molecule has 5 N–H and O–H groups in total. The van der Waals surface area contributed by atoms with E-state index in [2.05, 4.69) is 24.3 Å². The van der Waals surface area contributed by atoms with Crippen molar-refractivity contribution in [1.82, 2.24) is 19.5 Å². The molecule has 0 unspecified atom stereocenters. The largest absolute Gasteiger partial charge is 0.530 e. The van der Waals surface area contributed by atoms with Gasteiger partial charge in [0.05, 0.1) is 12.9 Å². The summed E-state index contributed by atoms with van der Waals surface area (Å²) in [6, 6.07) is 0. The van der Waals surface area contributed by atoms with E-state index in [0.29, 0.717) is 0 Å². The van der Waals surface area contributed by atoms with Gasteiger partial charge in [0, 0.05) is 0 Å². The molecular formula is C10H12N5O8P. The van der Waals surface area contributed by atoms with Gasteiger partial charge in [-0.05, 0) is 0 Å². The lowest BCUT2D eigenvalue weighted by atomic mass is 10.1. The van der Waals surface area contributed by atoms with Crippen LogP contribution in [0, 0.1) is 0 Å². The number of nitrogen functional groups attached to an aromatic ring is 1. The summed E-state index contributed by atoms with van der Waals surface area (Å²) in [5.41, 5.74) is 5.03. The molecule has 0 radical (unpaired) electrons. The van der Waals surface area contributed by atoms with Gasteiger partial charge in [-0.15, -0.1) is 9.35 Å². The summed E-state index contributed by atoms with van der Waals surface area (Å²) in [6.45, 7) is -0.339. The highest BCUT2D eigenvalue weighted by molar-refractivity contribution is 7.52. The molecule has 130 valence electrons. The van der Waals surface area contributed by atoms with E-state index in [1.807, 2.05) is 0 Å². The first-order valence-corrected chi connectivity index (χ1v) is 8.20. The van der Waals surface area contributed by atoms with E-state index in [0.717, 1.165) is 0 Å². The van der Waals surface area contributed by atoms with Gasteiger partial charge in [0.2, 0.25) is 5.95 Å². The summed E-state index contributed by atoms with van der Waals surface area (Å²) < 4.78 is 31.2. The lowest BCUT2D eigenvalue weighted by molar-refractivity contribution is -0.0473. The van der Waals surface area contributed by atoms with Crippen LogP contribution in [0.5, 0.6) is 0 Å². The Balaban J connectivity index is 1.62. The number of nitrogens with zero attached hydrogens (tertiary/aromatic N) is 3. The van der Waals surface area contributed by atoms with Gasteiger partial charge in [-0.1, -0.05) is 0 Å². The number of rotatable bonds is 4. The second-order valence-electron chi connectivity index (χ2n) is 5.21. The van der Waals surface area contributed by atoms with Crippen LogP contribution in [-0.4, -0.2) is 54.7 Å². The molecule has 24 heavy (non-hydrogen) atoms. The number of anilines is 1. The zero-order valence-electron chi connectivity index (χ0n) is 11.8. The third kappa shape index (κ3) is 2.52. The van der Waals surface area contributed by atoms with Crippen LogP contribution in [0.3, 0.4) is 0 Å². The zero-order valence-corrected chi connectivity index (χ0v) is 12.7. The molecule has 0 aromatic carbocycles. The van der Waals surface area contributed by atoms with Crippen molar-refractivity contribution in [2.45, 2.75) is 24.5 Å². The van der Waals surface area contributed by atoms with Gasteiger partial charge in [0.15, 0.2) is 17.4 Å². The molecule has 2 fully saturated rings. The number of imidazole rings is 1. The molecule has 4 atom stereocenters. The first-order valence-electron chi connectivity index (χ1n) is 6.74. The van der Waals surface area contributed by atoms with Crippen LogP contribution < -0.4 is 11.3 Å². The number of nitrogens with one attached hydrogen (secondary N) is 1. The smallest absolute Gasteiger partial charge is 0.387 e. The Morgan fingerprint density at radius 3 is 2.88 bits per heavy atom. The molecule has 2 aromatic heterocycles. The Morgan fingerprint density at radius 2 is 2.17 bits per heavy atom. The van der Waals surface area contributed by atoms with Gasteiger partial charge in [-0.2, -0.15) is 4.98 Å². The minimum atomic E-state index is -3.51. The third-order valence-electron chi connectivity index (χ3n) is 3.66.